The Morgan fingerprint density at radius 2 is 1.74 bits per heavy atom. The van der Waals surface area contributed by atoms with Crippen molar-refractivity contribution in [2.24, 2.45) is 0 Å². The van der Waals surface area contributed by atoms with Gasteiger partial charge in [-0.15, -0.1) is 13.2 Å². The molecule has 0 aromatic heterocycles. The molecule has 0 atom stereocenters. The minimum absolute atomic E-state index is 0.00967. The van der Waals surface area contributed by atoms with E-state index in [0.29, 0.717) is 18.6 Å². The van der Waals surface area contributed by atoms with Crippen molar-refractivity contribution in [1.82, 2.24) is 4.90 Å². The average Bonchev–Trinajstić information content (AvgIpc) is 2.92. The summed E-state index contributed by atoms with van der Waals surface area (Å²) in [7, 11) is 1.48. The van der Waals surface area contributed by atoms with Gasteiger partial charge in [0.25, 0.3) is 11.8 Å². The molecule has 0 fully saturated rings. The predicted octanol–water partition coefficient (Wildman–Crippen LogP) is 3.95. The number of imide groups is 1. The Kier molecular flexibility index (Phi) is 6.59. The zero-order valence-electron chi connectivity index (χ0n) is 16.3. The quantitative estimate of drug-likeness (QED) is 0.384. The van der Waals surface area contributed by atoms with Crippen LogP contribution >= 0.6 is 0 Å². The van der Waals surface area contributed by atoms with Crippen LogP contribution in [0.5, 0.6) is 5.75 Å². The van der Waals surface area contributed by atoms with E-state index in [1.54, 1.807) is 0 Å². The van der Waals surface area contributed by atoms with Crippen LogP contribution in [0.2, 0.25) is 0 Å². The normalized spacial score (nSPS) is 14.4. The van der Waals surface area contributed by atoms with Gasteiger partial charge in [-0.1, -0.05) is 18.2 Å². The lowest BCUT2D eigenvalue weighted by atomic mass is 10.0. The second kappa shape index (κ2) is 9.17. The van der Waals surface area contributed by atoms with Crippen molar-refractivity contribution in [3.05, 3.63) is 65.6 Å². The van der Waals surface area contributed by atoms with Gasteiger partial charge in [-0.25, -0.2) is 4.39 Å². The monoisotopic (exact) mass is 438 g/mol. The molecule has 0 aliphatic carbocycles. The van der Waals surface area contributed by atoms with E-state index in [9.17, 15) is 27.2 Å². The van der Waals surface area contributed by atoms with Crippen LogP contribution in [0.4, 0.5) is 23.2 Å². The number of rotatable bonds is 8. The standard InChI is InChI=1S/C21H18F4N2O4/c1-30-11-3-10-27-19(28)17(13-6-8-14(22)9-7-13)18(20(27)29)26-15-4-2-5-16(12-15)31-21(23,24)25/h2,4-9,12,26H,3,10-11H2,1H3. The Morgan fingerprint density at radius 1 is 1.03 bits per heavy atom. The molecule has 164 valence electrons. The van der Waals surface area contributed by atoms with Crippen LogP contribution in [0.15, 0.2) is 54.2 Å². The summed E-state index contributed by atoms with van der Waals surface area (Å²) in [5, 5.41) is 2.73. The smallest absolute Gasteiger partial charge is 0.406 e. The van der Waals surface area contributed by atoms with Crippen molar-refractivity contribution in [2.45, 2.75) is 12.8 Å². The first-order valence-electron chi connectivity index (χ1n) is 9.18. The summed E-state index contributed by atoms with van der Waals surface area (Å²) >= 11 is 0. The number of ether oxygens (including phenoxy) is 2. The highest BCUT2D eigenvalue weighted by Crippen LogP contribution is 2.32. The zero-order chi connectivity index (χ0) is 22.6. The number of methoxy groups -OCH3 is 1. The molecular weight excluding hydrogens is 420 g/mol. The summed E-state index contributed by atoms with van der Waals surface area (Å²) in [6, 6.07) is 9.86. The average molecular weight is 438 g/mol. The summed E-state index contributed by atoms with van der Waals surface area (Å²) in [5.74, 6) is -2.26. The number of nitrogens with zero attached hydrogens (tertiary/aromatic N) is 1. The number of carbonyl (C=O) groups excluding carboxylic acids is 2. The molecule has 2 amide bonds. The third kappa shape index (κ3) is 5.40. The molecule has 2 aromatic rings. The highest BCUT2D eigenvalue weighted by atomic mass is 19.4. The van der Waals surface area contributed by atoms with Gasteiger partial charge in [0, 0.05) is 32.0 Å². The summed E-state index contributed by atoms with van der Waals surface area (Å²) in [4.78, 5) is 26.9. The van der Waals surface area contributed by atoms with Gasteiger partial charge >= 0.3 is 6.36 Å². The fourth-order valence-electron chi connectivity index (χ4n) is 3.06. The van der Waals surface area contributed by atoms with Gasteiger partial charge < -0.3 is 14.8 Å². The second-order valence-corrected chi connectivity index (χ2v) is 6.57. The Morgan fingerprint density at radius 3 is 2.39 bits per heavy atom. The van der Waals surface area contributed by atoms with Gasteiger partial charge in [-0.3, -0.25) is 14.5 Å². The zero-order valence-corrected chi connectivity index (χ0v) is 16.3. The van der Waals surface area contributed by atoms with E-state index in [4.69, 9.17) is 4.74 Å². The van der Waals surface area contributed by atoms with E-state index < -0.39 is 29.7 Å². The first kappa shape index (κ1) is 22.3. The highest BCUT2D eigenvalue weighted by Gasteiger charge is 2.39. The predicted molar refractivity (Wildman–Crippen MR) is 103 cm³/mol. The first-order chi connectivity index (χ1) is 14.7. The molecule has 1 aliphatic rings. The van der Waals surface area contributed by atoms with Crippen molar-refractivity contribution in [3.8, 4) is 5.75 Å². The molecule has 1 heterocycles. The van der Waals surface area contributed by atoms with Crippen molar-refractivity contribution in [2.75, 3.05) is 25.6 Å². The van der Waals surface area contributed by atoms with Crippen LogP contribution in [-0.4, -0.2) is 43.3 Å². The van der Waals surface area contributed by atoms with Crippen molar-refractivity contribution in [1.29, 1.82) is 0 Å². The molecule has 2 aromatic carbocycles. The largest absolute Gasteiger partial charge is 0.573 e. The number of carbonyl (C=O) groups is 2. The molecular formula is C21H18F4N2O4. The van der Waals surface area contributed by atoms with Gasteiger partial charge in [-0.2, -0.15) is 0 Å². The van der Waals surface area contributed by atoms with Gasteiger partial charge in [0.1, 0.15) is 17.3 Å². The molecule has 0 spiro atoms. The van der Waals surface area contributed by atoms with Crippen LogP contribution in [0, 0.1) is 5.82 Å². The van der Waals surface area contributed by atoms with Crippen LogP contribution in [0.25, 0.3) is 5.57 Å². The molecule has 1 aliphatic heterocycles. The number of benzene rings is 2. The number of halogens is 4. The Hall–Kier alpha value is -3.40. The maximum Gasteiger partial charge on any atom is 0.573 e. The van der Waals surface area contributed by atoms with E-state index >= 15 is 0 Å². The third-order valence-electron chi connectivity index (χ3n) is 4.37. The number of hydrogen-bond donors (Lipinski definition) is 1. The lowest BCUT2D eigenvalue weighted by Gasteiger charge is -2.15. The highest BCUT2D eigenvalue weighted by molar-refractivity contribution is 6.36. The van der Waals surface area contributed by atoms with E-state index in [0.717, 1.165) is 29.2 Å². The lowest BCUT2D eigenvalue weighted by Crippen LogP contribution is -2.33. The fraction of sp³-hybridized carbons (Fsp3) is 0.238. The molecule has 0 saturated carbocycles. The minimum atomic E-state index is -4.88. The number of anilines is 1. The molecule has 31 heavy (non-hydrogen) atoms. The summed E-state index contributed by atoms with van der Waals surface area (Å²) in [5.41, 5.74) is 0.262. The SMILES string of the molecule is COCCCN1C(=O)C(Nc2cccc(OC(F)(F)F)c2)=C(c2ccc(F)cc2)C1=O. The molecule has 10 heteroatoms. The van der Waals surface area contributed by atoms with Crippen LogP contribution in [0.3, 0.4) is 0 Å². The number of alkyl halides is 3. The fourth-order valence-corrected chi connectivity index (χ4v) is 3.06. The molecule has 0 saturated heterocycles. The molecule has 0 unspecified atom stereocenters. The van der Waals surface area contributed by atoms with Crippen molar-refractivity contribution >= 4 is 23.1 Å². The van der Waals surface area contributed by atoms with E-state index in [2.05, 4.69) is 10.1 Å². The molecule has 6 nitrogen and oxygen atoms in total. The van der Waals surface area contributed by atoms with Crippen molar-refractivity contribution in [3.63, 3.8) is 0 Å². The second-order valence-electron chi connectivity index (χ2n) is 6.57. The molecule has 0 radical (unpaired) electrons. The summed E-state index contributed by atoms with van der Waals surface area (Å²) < 4.78 is 59.7. The number of amides is 2. The van der Waals surface area contributed by atoms with Gasteiger partial charge in [0.15, 0.2) is 0 Å². The first-order valence-corrected chi connectivity index (χ1v) is 9.18. The lowest BCUT2D eigenvalue weighted by molar-refractivity contribution is -0.274. The van der Waals surface area contributed by atoms with E-state index in [1.165, 1.54) is 31.4 Å². The maximum atomic E-state index is 13.3. The van der Waals surface area contributed by atoms with Gasteiger partial charge in [-0.05, 0) is 36.2 Å². The maximum absolute atomic E-state index is 13.3. The summed E-state index contributed by atoms with van der Waals surface area (Å²) in [6.07, 6.45) is -4.48. The number of nitrogens with one attached hydrogen (secondary N) is 1. The Labute approximate surface area is 175 Å². The van der Waals surface area contributed by atoms with Gasteiger partial charge in [0.05, 0.1) is 5.57 Å². The van der Waals surface area contributed by atoms with Crippen LogP contribution in [0.1, 0.15) is 12.0 Å². The molecule has 3 rings (SSSR count). The van der Waals surface area contributed by atoms with Gasteiger partial charge in [0.2, 0.25) is 0 Å². The number of hydrogen-bond acceptors (Lipinski definition) is 5. The van der Waals surface area contributed by atoms with Crippen LogP contribution in [-0.2, 0) is 14.3 Å². The Balaban J connectivity index is 1.96. The van der Waals surface area contributed by atoms with E-state index in [-0.39, 0.29) is 23.5 Å². The minimum Gasteiger partial charge on any atom is -0.406 e. The van der Waals surface area contributed by atoms with E-state index in [1.807, 2.05) is 0 Å². The Bertz CT molecular complexity index is 1000. The van der Waals surface area contributed by atoms with Crippen molar-refractivity contribution < 1.29 is 36.6 Å². The molecule has 1 N–H and O–H groups in total. The third-order valence-corrected chi connectivity index (χ3v) is 4.37. The van der Waals surface area contributed by atoms with Crippen LogP contribution < -0.4 is 10.1 Å². The molecule has 0 bridgehead atoms. The summed E-state index contributed by atoms with van der Waals surface area (Å²) in [6.45, 7) is 0.404. The topological polar surface area (TPSA) is 67.9 Å².